The van der Waals surface area contributed by atoms with Crippen molar-refractivity contribution in [2.45, 2.75) is 0 Å². The van der Waals surface area contributed by atoms with Crippen LogP contribution in [-0.4, -0.2) is 43.7 Å². The number of rotatable bonds is 3. The lowest BCUT2D eigenvalue weighted by Crippen LogP contribution is -2.25. The Bertz CT molecular complexity index is 2800. The molecule has 0 unspecified atom stereocenters. The van der Waals surface area contributed by atoms with Gasteiger partial charge in [0.15, 0.2) is 11.3 Å². The SMILES string of the molecule is c1cc2c3cccc4c5nc(-c6ccncc6)cnc5n(c(=C(c5ccncc5)c5ccncc5)n5c6nccnc6c(c1)c25)c34. The van der Waals surface area contributed by atoms with Crippen LogP contribution in [0.5, 0.6) is 0 Å². The van der Waals surface area contributed by atoms with Gasteiger partial charge in [-0.15, -0.1) is 0 Å². The lowest BCUT2D eigenvalue weighted by atomic mass is 10.0. The number of hydrogen-bond acceptors (Lipinski definition) is 7. The maximum absolute atomic E-state index is 5.24. The smallest absolute Gasteiger partial charge is 0.165 e. The highest BCUT2D eigenvalue weighted by molar-refractivity contribution is 6.22. The number of para-hydroxylation sites is 2. The fourth-order valence-corrected chi connectivity index (χ4v) is 6.87. The van der Waals surface area contributed by atoms with Crippen molar-refractivity contribution in [2.24, 2.45) is 0 Å². The van der Waals surface area contributed by atoms with Gasteiger partial charge in [-0.3, -0.25) is 28.7 Å². The van der Waals surface area contributed by atoms with Crippen molar-refractivity contribution < 1.29 is 0 Å². The van der Waals surface area contributed by atoms with Crippen LogP contribution in [0.1, 0.15) is 11.1 Å². The molecule has 10 rings (SSSR count). The Labute approximate surface area is 260 Å². The first-order valence-electron chi connectivity index (χ1n) is 14.9. The van der Waals surface area contributed by atoms with Gasteiger partial charge >= 0.3 is 0 Å². The molecular weight excluding hydrogens is 570 g/mol. The summed E-state index contributed by atoms with van der Waals surface area (Å²) in [6, 6.07) is 24.9. The van der Waals surface area contributed by atoms with Crippen molar-refractivity contribution in [3.05, 3.63) is 145 Å². The van der Waals surface area contributed by atoms with Gasteiger partial charge in [-0.1, -0.05) is 36.4 Å². The van der Waals surface area contributed by atoms with Gasteiger partial charge in [-0.2, -0.15) is 0 Å². The molecule has 9 heteroatoms. The number of nitrogens with zero attached hydrogens (tertiary/aromatic N) is 9. The quantitative estimate of drug-likeness (QED) is 0.241. The molecule has 0 aliphatic carbocycles. The summed E-state index contributed by atoms with van der Waals surface area (Å²) in [4.78, 5) is 33.1. The minimum Gasteiger partial charge on any atom is -0.276 e. The first kappa shape index (κ1) is 24.8. The molecule has 0 N–H and O–H groups in total. The van der Waals surface area contributed by atoms with E-state index in [-0.39, 0.29) is 0 Å². The molecule has 8 aromatic heterocycles. The van der Waals surface area contributed by atoms with Crippen molar-refractivity contribution in [3.63, 3.8) is 0 Å². The van der Waals surface area contributed by atoms with Gasteiger partial charge in [-0.05, 0) is 47.5 Å². The van der Waals surface area contributed by atoms with Crippen LogP contribution < -0.4 is 5.48 Å². The molecule has 0 aliphatic rings. The number of pyridine rings is 3. The van der Waals surface area contributed by atoms with E-state index in [2.05, 4.69) is 60.2 Å². The van der Waals surface area contributed by atoms with E-state index in [1.807, 2.05) is 67.4 Å². The monoisotopic (exact) mass is 591 g/mol. The van der Waals surface area contributed by atoms with Crippen molar-refractivity contribution in [1.29, 1.82) is 0 Å². The summed E-state index contributed by atoms with van der Waals surface area (Å²) in [5, 5.41) is 4.20. The Morgan fingerprint density at radius 2 is 1.00 bits per heavy atom. The molecule has 10 aromatic rings. The van der Waals surface area contributed by atoms with E-state index in [9.17, 15) is 0 Å². The fourth-order valence-electron chi connectivity index (χ4n) is 6.87. The molecule has 0 saturated heterocycles. The van der Waals surface area contributed by atoms with E-state index < -0.39 is 0 Å². The summed E-state index contributed by atoms with van der Waals surface area (Å²) in [5.41, 5.74) is 10.8. The highest BCUT2D eigenvalue weighted by Gasteiger charge is 2.23. The lowest BCUT2D eigenvalue weighted by Gasteiger charge is -2.11. The second-order valence-corrected chi connectivity index (χ2v) is 11.1. The molecule has 0 spiro atoms. The molecule has 0 saturated carbocycles. The zero-order valence-corrected chi connectivity index (χ0v) is 24.1. The maximum atomic E-state index is 5.24. The maximum Gasteiger partial charge on any atom is 0.165 e. The Morgan fingerprint density at radius 3 is 1.63 bits per heavy atom. The summed E-state index contributed by atoms with van der Waals surface area (Å²) >= 11 is 0. The van der Waals surface area contributed by atoms with Gasteiger partial charge in [-0.25, -0.2) is 15.0 Å². The summed E-state index contributed by atoms with van der Waals surface area (Å²) < 4.78 is 4.51. The Balaban J connectivity index is 1.60. The van der Waals surface area contributed by atoms with Crippen LogP contribution in [0.2, 0.25) is 0 Å². The van der Waals surface area contributed by atoms with Crippen LogP contribution in [0.3, 0.4) is 0 Å². The largest absolute Gasteiger partial charge is 0.276 e. The summed E-state index contributed by atoms with van der Waals surface area (Å²) in [6.07, 6.45) is 16.2. The predicted octanol–water partition coefficient (Wildman–Crippen LogP) is 6.20. The second-order valence-electron chi connectivity index (χ2n) is 11.1. The third-order valence-electron chi connectivity index (χ3n) is 8.74. The Morgan fingerprint density at radius 1 is 0.478 bits per heavy atom. The minimum absolute atomic E-state index is 0.738. The van der Waals surface area contributed by atoms with Gasteiger partial charge in [0.05, 0.1) is 22.9 Å². The van der Waals surface area contributed by atoms with Crippen LogP contribution in [0, 0.1) is 0 Å². The normalized spacial score (nSPS) is 11.9. The second kappa shape index (κ2) is 9.44. The van der Waals surface area contributed by atoms with Crippen LogP contribution in [0.4, 0.5) is 0 Å². The van der Waals surface area contributed by atoms with E-state index in [1.165, 1.54) is 0 Å². The molecule has 9 nitrogen and oxygen atoms in total. The molecular formula is C37H21N9. The van der Waals surface area contributed by atoms with E-state index in [1.54, 1.807) is 24.8 Å². The predicted molar refractivity (Wildman–Crippen MR) is 178 cm³/mol. The van der Waals surface area contributed by atoms with E-state index in [4.69, 9.17) is 19.9 Å². The summed E-state index contributed by atoms with van der Waals surface area (Å²) in [5.74, 6) is 0. The molecule has 0 aliphatic heterocycles. The highest BCUT2D eigenvalue weighted by Crippen LogP contribution is 2.37. The first-order chi connectivity index (χ1) is 22.9. The Hall–Kier alpha value is -6.61. The number of hydrogen-bond donors (Lipinski definition) is 0. The van der Waals surface area contributed by atoms with E-state index in [0.717, 1.165) is 88.3 Å². The van der Waals surface area contributed by atoms with Crippen LogP contribution >= 0.6 is 0 Å². The molecule has 0 bridgehead atoms. The van der Waals surface area contributed by atoms with Crippen molar-refractivity contribution in [3.8, 4) is 11.3 Å². The molecule has 8 heterocycles. The third-order valence-corrected chi connectivity index (χ3v) is 8.74. The van der Waals surface area contributed by atoms with Crippen LogP contribution in [-0.2, 0) is 0 Å². The molecule has 0 radical (unpaired) electrons. The minimum atomic E-state index is 0.738. The van der Waals surface area contributed by atoms with Gasteiger partial charge in [0.25, 0.3) is 0 Å². The van der Waals surface area contributed by atoms with Gasteiger partial charge in [0.2, 0.25) is 0 Å². The average molecular weight is 592 g/mol. The fraction of sp³-hybridized carbons (Fsp3) is 0. The molecule has 2 aromatic carbocycles. The van der Waals surface area contributed by atoms with Gasteiger partial charge in [0, 0.05) is 82.3 Å². The molecule has 46 heavy (non-hydrogen) atoms. The first-order valence-corrected chi connectivity index (χ1v) is 14.9. The molecule has 0 fully saturated rings. The zero-order valence-electron chi connectivity index (χ0n) is 24.1. The summed E-state index contributed by atoms with van der Waals surface area (Å²) in [7, 11) is 0. The molecule has 0 atom stereocenters. The third kappa shape index (κ3) is 3.36. The van der Waals surface area contributed by atoms with Gasteiger partial charge in [0.1, 0.15) is 16.5 Å². The topological polar surface area (TPSA) is 99.0 Å². The van der Waals surface area contributed by atoms with E-state index >= 15 is 0 Å². The van der Waals surface area contributed by atoms with Crippen molar-refractivity contribution in [1.82, 2.24) is 43.7 Å². The van der Waals surface area contributed by atoms with E-state index in [0.29, 0.717) is 0 Å². The van der Waals surface area contributed by atoms with Crippen molar-refractivity contribution in [2.75, 3.05) is 0 Å². The lowest BCUT2D eigenvalue weighted by molar-refractivity contribution is 0.997. The molecule has 0 amide bonds. The molecule has 214 valence electrons. The zero-order chi connectivity index (χ0) is 30.2. The number of fused-ring (bicyclic) bond motifs is 7. The standard InChI is InChI=1S/C37H21N9/c1-3-25-26-4-2-6-28-32-36(43-21-29(44-32)22-7-13-38-14-8-22)46(34(26)28)37(45-33(25)27(5-1)31-35(45)42-20-19-41-31)30(23-9-15-39-16-10-23)24-11-17-40-18-12-24/h1-21H. The van der Waals surface area contributed by atoms with Crippen LogP contribution in [0.25, 0.3) is 71.7 Å². The van der Waals surface area contributed by atoms with Gasteiger partial charge < -0.3 is 0 Å². The highest BCUT2D eigenvalue weighted by atomic mass is 15.1. The average Bonchev–Trinajstić information content (AvgIpc) is 3.60. The summed E-state index contributed by atoms with van der Waals surface area (Å²) in [6.45, 7) is 0. The van der Waals surface area contributed by atoms with Crippen molar-refractivity contribution >= 4 is 60.5 Å². The Kier molecular flexibility index (Phi) is 5.09. The van der Waals surface area contributed by atoms with Crippen LogP contribution in [0.15, 0.2) is 129 Å². The number of benzene rings is 2. The number of aromatic nitrogens is 9.